The lowest BCUT2D eigenvalue weighted by Gasteiger charge is -2.17. The maximum absolute atomic E-state index is 11.1. The first-order chi connectivity index (χ1) is 9.20. The lowest BCUT2D eigenvalue weighted by molar-refractivity contribution is -0.117. The summed E-state index contributed by atoms with van der Waals surface area (Å²) in [5.74, 6) is 1.83. The molecule has 0 amide bonds. The molecule has 0 aliphatic carbocycles. The number of hydrogen-bond donors (Lipinski definition) is 1. The lowest BCUT2D eigenvalue weighted by Crippen LogP contribution is -2.17. The Labute approximate surface area is 114 Å². The Morgan fingerprint density at radius 3 is 2.74 bits per heavy atom. The van der Waals surface area contributed by atoms with E-state index < -0.39 is 0 Å². The second-order valence-corrected chi connectivity index (χ2v) is 4.84. The van der Waals surface area contributed by atoms with Crippen LogP contribution >= 0.6 is 0 Å². The largest absolute Gasteiger partial charge is 0.490 e. The van der Waals surface area contributed by atoms with Gasteiger partial charge in [-0.3, -0.25) is 0 Å². The van der Waals surface area contributed by atoms with E-state index in [-0.39, 0.29) is 11.8 Å². The van der Waals surface area contributed by atoms with Gasteiger partial charge in [-0.25, -0.2) is 0 Å². The average Bonchev–Trinajstić information content (AvgIpc) is 2.63. The third kappa shape index (κ3) is 3.70. The van der Waals surface area contributed by atoms with E-state index in [1.165, 1.54) is 0 Å². The van der Waals surface area contributed by atoms with Gasteiger partial charge in [-0.1, -0.05) is 6.07 Å². The average molecular weight is 263 g/mol. The zero-order valence-corrected chi connectivity index (χ0v) is 11.6. The first-order valence-electron chi connectivity index (χ1n) is 6.77. The molecule has 1 aromatic carbocycles. The van der Waals surface area contributed by atoms with Gasteiger partial charge < -0.3 is 19.6 Å². The van der Waals surface area contributed by atoms with Crippen LogP contribution in [0.1, 0.15) is 37.8 Å². The van der Waals surface area contributed by atoms with Crippen molar-refractivity contribution in [3.8, 4) is 11.5 Å². The van der Waals surface area contributed by atoms with Gasteiger partial charge in [0.15, 0.2) is 11.5 Å². The fourth-order valence-electron chi connectivity index (χ4n) is 2.22. The summed E-state index contributed by atoms with van der Waals surface area (Å²) >= 11 is 0. The highest BCUT2D eigenvalue weighted by Gasteiger charge is 2.15. The highest BCUT2D eigenvalue weighted by molar-refractivity contribution is 5.75. The van der Waals surface area contributed by atoms with Gasteiger partial charge >= 0.3 is 0 Å². The van der Waals surface area contributed by atoms with Gasteiger partial charge in [0, 0.05) is 18.9 Å². The summed E-state index contributed by atoms with van der Waals surface area (Å²) in [6.45, 7) is 3.01. The van der Waals surface area contributed by atoms with Crippen molar-refractivity contribution in [2.24, 2.45) is 0 Å². The summed E-state index contributed by atoms with van der Waals surface area (Å²) in [5, 5.41) is 3.25. The molecule has 1 atom stereocenters. The third-order valence-electron chi connectivity index (χ3n) is 3.31. The summed E-state index contributed by atoms with van der Waals surface area (Å²) in [6.07, 6.45) is 2.29. The standard InChI is InChI=1S/C15H21NO3/c1-11(17)4-6-13(16-2)12-5-7-14-15(10-12)19-9-3-8-18-14/h5,7,10,13,16H,3-4,6,8-9H2,1-2H3. The van der Waals surface area contributed by atoms with Crippen molar-refractivity contribution in [2.75, 3.05) is 20.3 Å². The molecule has 0 aromatic heterocycles. The predicted molar refractivity (Wildman–Crippen MR) is 73.8 cm³/mol. The Kier molecular flexibility index (Phi) is 4.80. The van der Waals surface area contributed by atoms with Crippen molar-refractivity contribution in [1.29, 1.82) is 0 Å². The summed E-state index contributed by atoms with van der Waals surface area (Å²) in [7, 11) is 1.91. The van der Waals surface area contributed by atoms with Crippen molar-refractivity contribution >= 4 is 5.78 Å². The van der Waals surface area contributed by atoms with Gasteiger partial charge in [-0.05, 0) is 38.1 Å². The fraction of sp³-hybridized carbons (Fsp3) is 0.533. The molecule has 4 heteroatoms. The minimum atomic E-state index is 0.168. The second kappa shape index (κ2) is 6.57. The number of fused-ring (bicyclic) bond motifs is 1. The van der Waals surface area contributed by atoms with Crippen LogP contribution in [0.5, 0.6) is 11.5 Å². The van der Waals surface area contributed by atoms with E-state index in [0.717, 1.165) is 29.9 Å². The molecular weight excluding hydrogens is 242 g/mol. The number of ketones is 1. The Morgan fingerprint density at radius 1 is 1.32 bits per heavy atom. The van der Waals surface area contributed by atoms with Crippen molar-refractivity contribution in [3.63, 3.8) is 0 Å². The van der Waals surface area contributed by atoms with E-state index in [9.17, 15) is 4.79 Å². The number of ether oxygens (including phenoxy) is 2. The smallest absolute Gasteiger partial charge is 0.161 e. The molecule has 104 valence electrons. The number of hydrogen-bond acceptors (Lipinski definition) is 4. The quantitative estimate of drug-likeness (QED) is 0.886. The van der Waals surface area contributed by atoms with Crippen molar-refractivity contribution in [3.05, 3.63) is 23.8 Å². The Balaban J connectivity index is 2.14. The molecule has 1 aliphatic rings. The predicted octanol–water partition coefficient (Wildman–Crippen LogP) is 2.48. The topological polar surface area (TPSA) is 47.6 Å². The molecule has 4 nitrogen and oxygen atoms in total. The Hall–Kier alpha value is -1.55. The van der Waals surface area contributed by atoms with Crippen LogP contribution in [0, 0.1) is 0 Å². The van der Waals surface area contributed by atoms with E-state index in [2.05, 4.69) is 5.32 Å². The molecule has 0 saturated carbocycles. The number of rotatable bonds is 5. The maximum Gasteiger partial charge on any atom is 0.161 e. The van der Waals surface area contributed by atoms with Crippen LogP contribution in [-0.2, 0) is 4.79 Å². The molecule has 0 bridgehead atoms. The third-order valence-corrected chi connectivity index (χ3v) is 3.31. The normalized spacial score (nSPS) is 15.7. The van der Waals surface area contributed by atoms with Crippen LogP contribution in [0.15, 0.2) is 18.2 Å². The molecule has 0 fully saturated rings. The van der Waals surface area contributed by atoms with Gasteiger partial charge in [0.1, 0.15) is 5.78 Å². The van der Waals surface area contributed by atoms with Gasteiger partial charge in [0.25, 0.3) is 0 Å². The molecule has 19 heavy (non-hydrogen) atoms. The van der Waals surface area contributed by atoms with E-state index in [1.54, 1.807) is 6.92 Å². The summed E-state index contributed by atoms with van der Waals surface area (Å²) in [4.78, 5) is 11.1. The highest BCUT2D eigenvalue weighted by atomic mass is 16.5. The molecule has 1 unspecified atom stereocenters. The molecule has 1 heterocycles. The number of nitrogens with one attached hydrogen (secondary N) is 1. The summed E-state index contributed by atoms with van der Waals surface area (Å²) in [5.41, 5.74) is 1.13. The number of carbonyl (C=O) groups excluding carboxylic acids is 1. The van der Waals surface area contributed by atoms with Gasteiger partial charge in [-0.15, -0.1) is 0 Å². The highest BCUT2D eigenvalue weighted by Crippen LogP contribution is 2.33. The second-order valence-electron chi connectivity index (χ2n) is 4.84. The Bertz CT molecular complexity index is 445. The monoisotopic (exact) mass is 263 g/mol. The molecule has 1 aromatic rings. The van der Waals surface area contributed by atoms with Gasteiger partial charge in [0.05, 0.1) is 13.2 Å². The van der Waals surface area contributed by atoms with E-state index >= 15 is 0 Å². The molecule has 1 aliphatic heterocycles. The number of Topliss-reactive ketones (excluding diaryl/α,β-unsaturated/α-hetero) is 1. The number of benzene rings is 1. The van der Waals surface area contributed by atoms with E-state index in [0.29, 0.717) is 19.6 Å². The van der Waals surface area contributed by atoms with Crippen LogP contribution < -0.4 is 14.8 Å². The molecule has 0 spiro atoms. The van der Waals surface area contributed by atoms with Crippen LogP contribution in [0.3, 0.4) is 0 Å². The summed E-state index contributed by atoms with van der Waals surface area (Å²) < 4.78 is 11.3. The molecule has 2 rings (SSSR count). The molecule has 0 radical (unpaired) electrons. The lowest BCUT2D eigenvalue weighted by atomic mass is 10.0. The van der Waals surface area contributed by atoms with Crippen LogP contribution in [0.4, 0.5) is 0 Å². The van der Waals surface area contributed by atoms with Crippen LogP contribution in [0.2, 0.25) is 0 Å². The van der Waals surface area contributed by atoms with Gasteiger partial charge in [0.2, 0.25) is 0 Å². The number of carbonyl (C=O) groups is 1. The molecular formula is C15H21NO3. The zero-order chi connectivity index (χ0) is 13.7. The van der Waals surface area contributed by atoms with Gasteiger partial charge in [-0.2, -0.15) is 0 Å². The van der Waals surface area contributed by atoms with Crippen molar-refractivity contribution in [2.45, 2.75) is 32.2 Å². The maximum atomic E-state index is 11.1. The summed E-state index contributed by atoms with van der Waals surface area (Å²) in [6, 6.07) is 6.17. The first kappa shape index (κ1) is 13.9. The molecule has 1 N–H and O–H groups in total. The molecule has 0 saturated heterocycles. The fourth-order valence-corrected chi connectivity index (χ4v) is 2.22. The Morgan fingerprint density at radius 2 is 2.05 bits per heavy atom. The van der Waals surface area contributed by atoms with E-state index in [4.69, 9.17) is 9.47 Å². The van der Waals surface area contributed by atoms with Crippen molar-refractivity contribution in [1.82, 2.24) is 5.32 Å². The van der Waals surface area contributed by atoms with Crippen LogP contribution in [0.25, 0.3) is 0 Å². The minimum absolute atomic E-state index is 0.168. The van der Waals surface area contributed by atoms with E-state index in [1.807, 2.05) is 25.2 Å². The first-order valence-corrected chi connectivity index (χ1v) is 6.77. The van der Waals surface area contributed by atoms with Crippen LogP contribution in [-0.4, -0.2) is 26.0 Å². The SMILES string of the molecule is CNC(CCC(C)=O)c1ccc2c(c1)OCCCO2. The van der Waals surface area contributed by atoms with Crippen molar-refractivity contribution < 1.29 is 14.3 Å². The minimum Gasteiger partial charge on any atom is -0.490 e. The zero-order valence-electron chi connectivity index (χ0n) is 11.6.